The lowest BCUT2D eigenvalue weighted by atomic mass is 9.89. The topological polar surface area (TPSA) is 48.4 Å². The van der Waals surface area contributed by atoms with Gasteiger partial charge in [-0.25, -0.2) is 0 Å². The zero-order valence-corrected chi connectivity index (χ0v) is 13.4. The normalized spacial score (nSPS) is 37.5. The molecule has 2 atom stereocenters. The van der Waals surface area contributed by atoms with E-state index in [2.05, 4.69) is 10.2 Å². The second kappa shape index (κ2) is 6.49. The number of allylic oxidation sites excluding steroid dienone is 1. The van der Waals surface area contributed by atoms with Crippen LogP contribution in [-0.2, 0) is 4.74 Å². The van der Waals surface area contributed by atoms with E-state index in [0.29, 0.717) is 23.8 Å². The van der Waals surface area contributed by atoms with Gasteiger partial charge in [0.15, 0.2) is 0 Å². The molecule has 0 amide bonds. The number of nitrogens with zero attached hydrogens (tertiary/aromatic N) is 1. The summed E-state index contributed by atoms with van der Waals surface area (Å²) >= 11 is 0. The second-order valence-electron chi connectivity index (χ2n) is 6.99. The minimum Gasteiger partial charge on any atom is -0.388 e. The standard InChI is InChI=1S/C17H29N3O/c1-12(13(2)18)9-19-14-3-5-15(6-4-14)20-16-7-8-17(20)11-21-10-16/h9,14-19H,3-8,10-11H2,1-2H3/b12-9-,18-13?/t14?,15?,16-,17+. The molecular weight excluding hydrogens is 262 g/mol. The average molecular weight is 291 g/mol. The van der Waals surface area contributed by atoms with Crippen LogP contribution in [0.1, 0.15) is 52.4 Å². The minimum absolute atomic E-state index is 0.592. The van der Waals surface area contributed by atoms with Crippen molar-refractivity contribution in [1.82, 2.24) is 10.2 Å². The van der Waals surface area contributed by atoms with Crippen molar-refractivity contribution in [2.24, 2.45) is 0 Å². The Labute approximate surface area is 128 Å². The molecule has 0 spiro atoms. The Morgan fingerprint density at radius 1 is 1.00 bits per heavy atom. The van der Waals surface area contributed by atoms with E-state index in [4.69, 9.17) is 10.1 Å². The molecule has 3 aliphatic rings. The number of rotatable bonds is 4. The van der Waals surface area contributed by atoms with Crippen molar-refractivity contribution in [3.8, 4) is 0 Å². The summed E-state index contributed by atoms with van der Waals surface area (Å²) in [5, 5.41) is 11.1. The molecule has 1 aliphatic carbocycles. The molecule has 2 heterocycles. The Morgan fingerprint density at radius 2 is 1.57 bits per heavy atom. The van der Waals surface area contributed by atoms with Gasteiger partial charge in [0.25, 0.3) is 0 Å². The van der Waals surface area contributed by atoms with Gasteiger partial charge in [-0.3, -0.25) is 4.90 Å². The molecule has 0 aromatic carbocycles. The molecule has 3 rings (SSSR count). The maximum absolute atomic E-state index is 7.61. The largest absolute Gasteiger partial charge is 0.388 e. The maximum Gasteiger partial charge on any atom is 0.0622 e. The molecule has 21 heavy (non-hydrogen) atoms. The van der Waals surface area contributed by atoms with Crippen molar-refractivity contribution in [2.45, 2.75) is 76.5 Å². The van der Waals surface area contributed by atoms with Crippen LogP contribution < -0.4 is 5.32 Å². The zero-order chi connectivity index (χ0) is 14.8. The summed E-state index contributed by atoms with van der Waals surface area (Å²) in [5.74, 6) is 0. The summed E-state index contributed by atoms with van der Waals surface area (Å²) in [4.78, 5) is 2.79. The highest BCUT2D eigenvalue weighted by Crippen LogP contribution is 2.35. The first-order valence-corrected chi connectivity index (χ1v) is 8.48. The Bertz CT molecular complexity index is 396. The van der Waals surface area contributed by atoms with Crippen molar-refractivity contribution in [2.75, 3.05) is 13.2 Å². The lowest BCUT2D eigenvalue weighted by molar-refractivity contribution is -0.0444. The fourth-order valence-corrected chi connectivity index (χ4v) is 4.15. The Balaban J connectivity index is 1.49. The van der Waals surface area contributed by atoms with E-state index >= 15 is 0 Å². The third-order valence-corrected chi connectivity index (χ3v) is 5.54. The van der Waals surface area contributed by atoms with Crippen LogP contribution in [0.25, 0.3) is 0 Å². The van der Waals surface area contributed by atoms with Crippen LogP contribution in [0.3, 0.4) is 0 Å². The fourth-order valence-electron chi connectivity index (χ4n) is 4.15. The Morgan fingerprint density at radius 3 is 2.14 bits per heavy atom. The SMILES string of the molecule is CC(=N)/C(C)=C\NC1CCC(N2[C@@H]3CC[C@H]2COC3)CC1. The van der Waals surface area contributed by atoms with Crippen molar-refractivity contribution in [1.29, 1.82) is 5.41 Å². The van der Waals surface area contributed by atoms with Crippen LogP contribution in [0.5, 0.6) is 0 Å². The van der Waals surface area contributed by atoms with Crippen LogP contribution in [0.15, 0.2) is 11.8 Å². The van der Waals surface area contributed by atoms with Gasteiger partial charge in [-0.05, 0) is 57.9 Å². The van der Waals surface area contributed by atoms with Crippen molar-refractivity contribution in [3.63, 3.8) is 0 Å². The van der Waals surface area contributed by atoms with Crippen LogP contribution in [0.4, 0.5) is 0 Å². The minimum atomic E-state index is 0.592. The number of ether oxygens (including phenoxy) is 1. The van der Waals surface area contributed by atoms with Gasteiger partial charge >= 0.3 is 0 Å². The first kappa shape index (κ1) is 15.0. The average Bonchev–Trinajstić information content (AvgIpc) is 2.74. The quantitative estimate of drug-likeness (QED) is 0.783. The third-order valence-electron chi connectivity index (χ3n) is 5.54. The molecule has 0 radical (unpaired) electrons. The Kier molecular flexibility index (Phi) is 4.65. The van der Waals surface area contributed by atoms with Crippen LogP contribution in [0, 0.1) is 5.41 Å². The van der Waals surface area contributed by atoms with Gasteiger partial charge in [0, 0.05) is 36.1 Å². The lowest BCUT2D eigenvalue weighted by Gasteiger charge is -2.43. The van der Waals surface area contributed by atoms with Crippen LogP contribution in [-0.4, -0.2) is 48.0 Å². The van der Waals surface area contributed by atoms with Gasteiger partial charge in [0.05, 0.1) is 13.2 Å². The zero-order valence-electron chi connectivity index (χ0n) is 13.4. The number of nitrogens with one attached hydrogen (secondary N) is 2. The number of hydrogen-bond acceptors (Lipinski definition) is 4. The van der Waals surface area contributed by atoms with Gasteiger partial charge in [-0.2, -0.15) is 0 Å². The second-order valence-corrected chi connectivity index (χ2v) is 6.99. The van der Waals surface area contributed by atoms with E-state index in [0.717, 1.165) is 24.8 Å². The number of morpholine rings is 1. The third kappa shape index (κ3) is 3.32. The molecule has 118 valence electrons. The molecule has 2 bridgehead atoms. The first-order valence-electron chi connectivity index (χ1n) is 8.48. The molecule has 2 N–H and O–H groups in total. The van der Waals surface area contributed by atoms with E-state index in [1.54, 1.807) is 0 Å². The highest BCUT2D eigenvalue weighted by Gasteiger charge is 2.41. The molecule has 4 nitrogen and oxygen atoms in total. The molecule has 0 unspecified atom stereocenters. The van der Waals surface area contributed by atoms with E-state index < -0.39 is 0 Å². The Hall–Kier alpha value is -0.870. The molecule has 2 saturated heterocycles. The van der Waals surface area contributed by atoms with Gasteiger partial charge in [0.1, 0.15) is 0 Å². The van der Waals surface area contributed by atoms with Crippen molar-refractivity contribution < 1.29 is 4.74 Å². The van der Waals surface area contributed by atoms with Gasteiger partial charge in [0.2, 0.25) is 0 Å². The molecule has 0 aromatic rings. The summed E-state index contributed by atoms with van der Waals surface area (Å²) in [6.45, 7) is 5.76. The number of hydrogen-bond donors (Lipinski definition) is 2. The van der Waals surface area contributed by atoms with Crippen LogP contribution >= 0.6 is 0 Å². The molecule has 0 aromatic heterocycles. The van der Waals surface area contributed by atoms with Gasteiger partial charge in [-0.15, -0.1) is 0 Å². The van der Waals surface area contributed by atoms with Crippen molar-refractivity contribution in [3.05, 3.63) is 11.8 Å². The first-order chi connectivity index (χ1) is 10.1. The summed E-state index contributed by atoms with van der Waals surface area (Å²) in [5.41, 5.74) is 1.70. The summed E-state index contributed by atoms with van der Waals surface area (Å²) in [6, 6.07) is 2.76. The lowest BCUT2D eigenvalue weighted by Crippen LogP contribution is -2.53. The highest BCUT2D eigenvalue weighted by atomic mass is 16.5. The van der Waals surface area contributed by atoms with Gasteiger partial charge < -0.3 is 15.5 Å². The highest BCUT2D eigenvalue weighted by molar-refractivity contribution is 5.94. The molecular formula is C17H29N3O. The van der Waals surface area contributed by atoms with Crippen LogP contribution in [0.2, 0.25) is 0 Å². The number of fused-ring (bicyclic) bond motifs is 2. The maximum atomic E-state index is 7.61. The predicted molar refractivity (Wildman–Crippen MR) is 85.8 cm³/mol. The molecule has 2 aliphatic heterocycles. The van der Waals surface area contributed by atoms with E-state index in [1.165, 1.54) is 38.5 Å². The molecule has 3 fully saturated rings. The molecule has 4 heteroatoms. The fraction of sp³-hybridized carbons (Fsp3) is 0.824. The van der Waals surface area contributed by atoms with E-state index in [1.807, 2.05) is 20.0 Å². The van der Waals surface area contributed by atoms with Crippen molar-refractivity contribution >= 4 is 5.71 Å². The predicted octanol–water partition coefficient (Wildman–Crippen LogP) is 2.69. The summed E-state index contributed by atoms with van der Waals surface area (Å²) in [6.07, 6.45) is 9.82. The van der Waals surface area contributed by atoms with Gasteiger partial charge in [-0.1, -0.05) is 0 Å². The van der Waals surface area contributed by atoms with E-state index in [9.17, 15) is 0 Å². The summed E-state index contributed by atoms with van der Waals surface area (Å²) in [7, 11) is 0. The van der Waals surface area contributed by atoms with E-state index in [-0.39, 0.29) is 0 Å². The smallest absolute Gasteiger partial charge is 0.0622 e. The monoisotopic (exact) mass is 291 g/mol. The summed E-state index contributed by atoms with van der Waals surface area (Å²) < 4.78 is 5.70. The molecule has 1 saturated carbocycles.